The second kappa shape index (κ2) is 12.0. The highest BCUT2D eigenvalue weighted by Crippen LogP contribution is 2.14. The standard InChI is InChI=1S/C23H38N6O3/c1-28-18(26-20-19(28)22(31)27-23(32)29(20)2)14-10-8-6-4-3-5-7-9-11-15-25-21(30)17-13-12-16-24-17/h17,24H,3-16H2,1-2H3,(H,25,30)(H,27,31,32). The lowest BCUT2D eigenvalue weighted by molar-refractivity contribution is -0.122. The number of hydrogen-bond acceptors (Lipinski definition) is 5. The average molecular weight is 447 g/mol. The molecule has 0 spiro atoms. The Kier molecular flexibility index (Phi) is 9.08. The van der Waals surface area contributed by atoms with Crippen LogP contribution in [0.1, 0.15) is 76.5 Å². The van der Waals surface area contributed by atoms with Crippen LogP contribution in [0.2, 0.25) is 0 Å². The van der Waals surface area contributed by atoms with Crippen molar-refractivity contribution in [1.29, 1.82) is 0 Å². The molecule has 2 aromatic heterocycles. The number of unbranched alkanes of at least 4 members (excludes halogenated alkanes) is 8. The molecule has 3 heterocycles. The molecule has 1 atom stereocenters. The van der Waals surface area contributed by atoms with Gasteiger partial charge in [-0.2, -0.15) is 0 Å². The number of H-pyrrole nitrogens is 1. The molecule has 1 saturated heterocycles. The maximum absolute atomic E-state index is 12.1. The van der Waals surface area contributed by atoms with Gasteiger partial charge in [0.15, 0.2) is 11.2 Å². The van der Waals surface area contributed by atoms with Gasteiger partial charge in [0.2, 0.25) is 5.91 Å². The third-order valence-electron chi connectivity index (χ3n) is 6.48. The number of imidazole rings is 1. The fourth-order valence-electron chi connectivity index (χ4n) is 4.47. The van der Waals surface area contributed by atoms with Crippen LogP contribution in [-0.4, -0.2) is 44.1 Å². The van der Waals surface area contributed by atoms with Gasteiger partial charge >= 0.3 is 5.69 Å². The quantitative estimate of drug-likeness (QED) is 0.407. The first kappa shape index (κ1) is 24.2. The monoisotopic (exact) mass is 446 g/mol. The van der Waals surface area contributed by atoms with Gasteiger partial charge in [-0.05, 0) is 32.2 Å². The van der Waals surface area contributed by atoms with Gasteiger partial charge in [-0.15, -0.1) is 0 Å². The van der Waals surface area contributed by atoms with E-state index in [9.17, 15) is 14.4 Å². The minimum absolute atomic E-state index is 0.0304. The molecular formula is C23H38N6O3. The summed E-state index contributed by atoms with van der Waals surface area (Å²) in [6.07, 6.45) is 13.4. The number of aromatic amines is 1. The number of aryl methyl sites for hydroxylation is 3. The summed E-state index contributed by atoms with van der Waals surface area (Å²) in [4.78, 5) is 42.6. The zero-order valence-electron chi connectivity index (χ0n) is 19.5. The summed E-state index contributed by atoms with van der Waals surface area (Å²) >= 11 is 0. The molecule has 3 N–H and O–H groups in total. The largest absolute Gasteiger partial charge is 0.355 e. The first-order chi connectivity index (χ1) is 15.5. The van der Waals surface area contributed by atoms with Crippen molar-refractivity contribution in [1.82, 2.24) is 29.7 Å². The smallest absolute Gasteiger partial charge is 0.329 e. The van der Waals surface area contributed by atoms with Gasteiger partial charge < -0.3 is 15.2 Å². The highest BCUT2D eigenvalue weighted by atomic mass is 16.2. The van der Waals surface area contributed by atoms with E-state index in [1.807, 2.05) is 7.05 Å². The lowest BCUT2D eigenvalue weighted by atomic mass is 10.1. The van der Waals surface area contributed by atoms with E-state index in [0.29, 0.717) is 11.2 Å². The van der Waals surface area contributed by atoms with Gasteiger partial charge in [-0.3, -0.25) is 19.1 Å². The Hall–Kier alpha value is -2.42. The van der Waals surface area contributed by atoms with Gasteiger partial charge in [0, 0.05) is 27.1 Å². The van der Waals surface area contributed by atoms with Crippen molar-refractivity contribution in [2.75, 3.05) is 13.1 Å². The summed E-state index contributed by atoms with van der Waals surface area (Å²) in [5.41, 5.74) is 0.0960. The molecule has 1 fully saturated rings. The molecule has 9 heteroatoms. The third-order valence-corrected chi connectivity index (χ3v) is 6.48. The lowest BCUT2D eigenvalue weighted by Crippen LogP contribution is -2.40. The molecule has 0 bridgehead atoms. The van der Waals surface area contributed by atoms with Crippen molar-refractivity contribution < 1.29 is 4.79 Å². The Balaban J connectivity index is 1.22. The van der Waals surface area contributed by atoms with Crippen LogP contribution in [0.15, 0.2) is 9.59 Å². The number of carbonyl (C=O) groups is 1. The molecule has 1 amide bonds. The van der Waals surface area contributed by atoms with E-state index in [2.05, 4.69) is 20.6 Å². The fraction of sp³-hybridized carbons (Fsp3) is 0.739. The number of amides is 1. The third kappa shape index (κ3) is 6.31. The molecule has 2 aromatic rings. The summed E-state index contributed by atoms with van der Waals surface area (Å²) < 4.78 is 3.20. The normalized spacial score (nSPS) is 16.1. The predicted molar refractivity (Wildman–Crippen MR) is 126 cm³/mol. The number of carbonyl (C=O) groups excluding carboxylic acids is 1. The van der Waals surface area contributed by atoms with Crippen LogP contribution in [0, 0.1) is 0 Å². The van der Waals surface area contributed by atoms with E-state index in [1.165, 1.54) is 43.1 Å². The second-order valence-corrected chi connectivity index (χ2v) is 8.95. The van der Waals surface area contributed by atoms with Crippen LogP contribution in [0.4, 0.5) is 0 Å². The number of nitrogens with zero attached hydrogens (tertiary/aromatic N) is 3. The SMILES string of the molecule is Cn1c(CCCCCCCCCCCNC(=O)C2CCCN2)nc2c1c(=O)[nH]c(=O)n2C. The molecule has 1 aliphatic rings. The molecule has 178 valence electrons. The highest BCUT2D eigenvalue weighted by molar-refractivity contribution is 5.81. The molecule has 0 aromatic carbocycles. The zero-order chi connectivity index (χ0) is 22.9. The Labute approximate surface area is 189 Å². The molecular weight excluding hydrogens is 408 g/mol. The van der Waals surface area contributed by atoms with Crippen molar-refractivity contribution in [3.05, 3.63) is 26.7 Å². The van der Waals surface area contributed by atoms with Crippen molar-refractivity contribution in [2.45, 2.75) is 83.1 Å². The Bertz CT molecular complexity index is 1000. The van der Waals surface area contributed by atoms with Crippen molar-refractivity contribution in [3.8, 4) is 0 Å². The Morgan fingerprint density at radius 3 is 2.31 bits per heavy atom. The van der Waals surface area contributed by atoms with E-state index in [4.69, 9.17) is 0 Å². The van der Waals surface area contributed by atoms with Crippen LogP contribution >= 0.6 is 0 Å². The first-order valence-electron chi connectivity index (χ1n) is 12.1. The number of hydrogen-bond donors (Lipinski definition) is 3. The Morgan fingerprint density at radius 1 is 1.00 bits per heavy atom. The van der Waals surface area contributed by atoms with Crippen LogP contribution < -0.4 is 21.9 Å². The summed E-state index contributed by atoms with van der Waals surface area (Å²) in [5.74, 6) is 1.01. The summed E-state index contributed by atoms with van der Waals surface area (Å²) in [6, 6.07) is 0.0304. The summed E-state index contributed by atoms with van der Waals surface area (Å²) in [6.45, 7) is 1.75. The van der Waals surface area contributed by atoms with Crippen LogP contribution in [0.5, 0.6) is 0 Å². The van der Waals surface area contributed by atoms with Gasteiger partial charge in [0.1, 0.15) is 5.82 Å². The van der Waals surface area contributed by atoms with Crippen molar-refractivity contribution in [3.63, 3.8) is 0 Å². The molecule has 1 aliphatic heterocycles. The highest BCUT2D eigenvalue weighted by Gasteiger charge is 2.21. The van der Waals surface area contributed by atoms with E-state index in [-0.39, 0.29) is 17.5 Å². The van der Waals surface area contributed by atoms with Gasteiger partial charge in [0.05, 0.1) is 6.04 Å². The van der Waals surface area contributed by atoms with Crippen molar-refractivity contribution in [2.24, 2.45) is 14.1 Å². The molecule has 32 heavy (non-hydrogen) atoms. The van der Waals surface area contributed by atoms with Gasteiger partial charge in [-0.25, -0.2) is 9.78 Å². The molecule has 0 aliphatic carbocycles. The topological polar surface area (TPSA) is 114 Å². The number of aromatic nitrogens is 4. The summed E-state index contributed by atoms with van der Waals surface area (Å²) in [5, 5.41) is 6.27. The van der Waals surface area contributed by atoms with Crippen molar-refractivity contribution >= 4 is 17.1 Å². The summed E-state index contributed by atoms with van der Waals surface area (Å²) in [7, 11) is 3.46. The fourth-order valence-corrected chi connectivity index (χ4v) is 4.47. The maximum Gasteiger partial charge on any atom is 0.329 e. The van der Waals surface area contributed by atoms with E-state index in [1.54, 1.807) is 11.6 Å². The number of rotatable bonds is 13. The molecule has 0 radical (unpaired) electrons. The molecule has 1 unspecified atom stereocenters. The number of fused-ring (bicyclic) bond motifs is 1. The van der Waals surface area contributed by atoms with Crippen LogP contribution in [0.3, 0.4) is 0 Å². The lowest BCUT2D eigenvalue weighted by Gasteiger charge is -2.10. The molecule has 0 saturated carbocycles. The predicted octanol–water partition coefficient (Wildman–Crippen LogP) is 1.88. The maximum atomic E-state index is 12.1. The zero-order valence-corrected chi connectivity index (χ0v) is 19.5. The van der Waals surface area contributed by atoms with Gasteiger partial charge in [0.25, 0.3) is 5.56 Å². The van der Waals surface area contributed by atoms with E-state index >= 15 is 0 Å². The van der Waals surface area contributed by atoms with Gasteiger partial charge in [-0.1, -0.05) is 44.9 Å². The van der Waals surface area contributed by atoms with Crippen LogP contribution in [-0.2, 0) is 25.3 Å². The molecule has 9 nitrogen and oxygen atoms in total. The average Bonchev–Trinajstić information content (AvgIpc) is 3.42. The molecule has 3 rings (SSSR count). The Morgan fingerprint density at radius 2 is 1.66 bits per heavy atom. The minimum atomic E-state index is -0.432. The minimum Gasteiger partial charge on any atom is -0.355 e. The second-order valence-electron chi connectivity index (χ2n) is 8.95. The van der Waals surface area contributed by atoms with E-state index in [0.717, 1.165) is 57.4 Å². The number of nitrogens with one attached hydrogen (secondary N) is 3. The van der Waals surface area contributed by atoms with E-state index < -0.39 is 5.69 Å². The van der Waals surface area contributed by atoms with Crippen LogP contribution in [0.25, 0.3) is 11.2 Å². The first-order valence-corrected chi connectivity index (χ1v) is 12.1.